The van der Waals surface area contributed by atoms with Crippen molar-refractivity contribution in [3.8, 4) is 0 Å². The molecule has 0 saturated carbocycles. The molecule has 0 spiro atoms. The number of aliphatic imine (C=N–C) groups is 1. The highest BCUT2D eigenvalue weighted by Gasteiger charge is 2.41. The SMILES string of the molecule is CC1=NC(C)=C(C(=O)O)C(c2cccc(Br)n2)C1C(=O)O. The van der Waals surface area contributed by atoms with Crippen molar-refractivity contribution in [1.29, 1.82) is 0 Å². The quantitative estimate of drug-likeness (QED) is 0.813. The number of halogens is 1. The van der Waals surface area contributed by atoms with Gasteiger partial charge in [0, 0.05) is 11.4 Å². The van der Waals surface area contributed by atoms with Crippen LogP contribution in [0.15, 0.2) is 39.1 Å². The van der Waals surface area contributed by atoms with Crippen LogP contribution in [0.5, 0.6) is 0 Å². The van der Waals surface area contributed by atoms with E-state index in [1.807, 2.05) is 0 Å². The van der Waals surface area contributed by atoms with Crippen LogP contribution >= 0.6 is 15.9 Å². The summed E-state index contributed by atoms with van der Waals surface area (Å²) < 4.78 is 0.520. The number of aromatic nitrogens is 1. The average molecular weight is 353 g/mol. The van der Waals surface area contributed by atoms with Crippen molar-refractivity contribution in [3.05, 3.63) is 39.8 Å². The summed E-state index contributed by atoms with van der Waals surface area (Å²) in [4.78, 5) is 31.4. The molecule has 1 aromatic rings. The zero-order chi connectivity index (χ0) is 15.7. The highest BCUT2D eigenvalue weighted by molar-refractivity contribution is 9.10. The first kappa shape index (κ1) is 15.4. The smallest absolute Gasteiger partial charge is 0.334 e. The first-order chi connectivity index (χ1) is 9.82. The molecule has 2 unspecified atom stereocenters. The molecule has 2 rings (SSSR count). The van der Waals surface area contributed by atoms with Gasteiger partial charge in [-0.3, -0.25) is 9.79 Å². The van der Waals surface area contributed by atoms with Crippen LogP contribution < -0.4 is 0 Å². The van der Waals surface area contributed by atoms with E-state index in [-0.39, 0.29) is 5.57 Å². The number of nitrogens with zero attached hydrogens (tertiary/aromatic N) is 2. The fourth-order valence-corrected chi connectivity index (χ4v) is 2.91. The Balaban J connectivity index is 2.68. The van der Waals surface area contributed by atoms with Crippen molar-refractivity contribution in [1.82, 2.24) is 4.98 Å². The first-order valence-electron chi connectivity index (χ1n) is 6.17. The second-order valence-electron chi connectivity index (χ2n) is 4.74. The molecule has 0 saturated heterocycles. The summed E-state index contributed by atoms with van der Waals surface area (Å²) in [6, 6.07) is 5.02. The summed E-state index contributed by atoms with van der Waals surface area (Å²) in [6.45, 7) is 3.15. The van der Waals surface area contributed by atoms with E-state index in [0.717, 1.165) is 0 Å². The van der Waals surface area contributed by atoms with Crippen LogP contribution in [0.25, 0.3) is 0 Å². The van der Waals surface area contributed by atoms with Crippen molar-refractivity contribution in [2.24, 2.45) is 10.9 Å². The minimum absolute atomic E-state index is 0.0291. The Morgan fingerprint density at radius 1 is 1.24 bits per heavy atom. The van der Waals surface area contributed by atoms with Crippen LogP contribution in [-0.2, 0) is 9.59 Å². The van der Waals surface area contributed by atoms with E-state index in [4.69, 9.17) is 0 Å². The maximum Gasteiger partial charge on any atom is 0.334 e. The maximum atomic E-state index is 11.6. The normalized spacial score (nSPS) is 22.0. The minimum atomic E-state index is -1.18. The Kier molecular flexibility index (Phi) is 4.22. The van der Waals surface area contributed by atoms with E-state index in [1.54, 1.807) is 32.0 Å². The van der Waals surface area contributed by atoms with Crippen LogP contribution in [0, 0.1) is 5.92 Å². The molecule has 2 N–H and O–H groups in total. The molecule has 7 heteroatoms. The molecule has 1 aromatic heterocycles. The molecule has 0 aromatic carbocycles. The minimum Gasteiger partial charge on any atom is -0.481 e. The second kappa shape index (κ2) is 5.77. The summed E-state index contributed by atoms with van der Waals surface area (Å²) in [5.74, 6) is -4.20. The summed E-state index contributed by atoms with van der Waals surface area (Å²) in [5.41, 5.74) is 1.04. The van der Waals surface area contributed by atoms with E-state index in [0.29, 0.717) is 21.7 Å². The van der Waals surface area contributed by atoms with E-state index >= 15 is 0 Å². The average Bonchev–Trinajstić information content (AvgIpc) is 2.36. The van der Waals surface area contributed by atoms with E-state index in [2.05, 4.69) is 25.9 Å². The highest BCUT2D eigenvalue weighted by Crippen LogP contribution is 2.38. The molecule has 0 fully saturated rings. The van der Waals surface area contributed by atoms with E-state index < -0.39 is 23.8 Å². The van der Waals surface area contributed by atoms with Gasteiger partial charge in [0.2, 0.25) is 0 Å². The Hall–Kier alpha value is -2.02. The summed E-state index contributed by atoms with van der Waals surface area (Å²) in [7, 11) is 0. The molecule has 0 radical (unpaired) electrons. The molecular weight excluding hydrogens is 340 g/mol. The Bertz CT molecular complexity index is 681. The monoisotopic (exact) mass is 352 g/mol. The van der Waals surface area contributed by atoms with Crippen molar-refractivity contribution < 1.29 is 19.8 Å². The Morgan fingerprint density at radius 3 is 2.43 bits per heavy atom. The molecule has 2 atom stereocenters. The fourth-order valence-electron chi connectivity index (χ4n) is 2.55. The lowest BCUT2D eigenvalue weighted by molar-refractivity contribution is -0.140. The van der Waals surface area contributed by atoms with Gasteiger partial charge in [-0.05, 0) is 41.9 Å². The van der Waals surface area contributed by atoms with Gasteiger partial charge in [-0.15, -0.1) is 0 Å². The van der Waals surface area contributed by atoms with Gasteiger partial charge in [-0.25, -0.2) is 9.78 Å². The largest absolute Gasteiger partial charge is 0.481 e. The Morgan fingerprint density at radius 2 is 1.90 bits per heavy atom. The molecule has 0 amide bonds. The number of carbonyl (C=O) groups is 2. The number of carboxylic acids is 2. The number of pyridine rings is 1. The van der Waals surface area contributed by atoms with Gasteiger partial charge in [-0.1, -0.05) is 6.07 Å². The van der Waals surface area contributed by atoms with Gasteiger partial charge < -0.3 is 10.2 Å². The summed E-state index contributed by atoms with van der Waals surface area (Å²) in [6.07, 6.45) is 0. The third kappa shape index (κ3) is 2.87. The van der Waals surface area contributed by atoms with E-state index in [9.17, 15) is 19.8 Å². The molecule has 1 aliphatic heterocycles. The van der Waals surface area contributed by atoms with Crippen molar-refractivity contribution >= 4 is 33.6 Å². The maximum absolute atomic E-state index is 11.6. The molecular formula is C14H13BrN2O4. The number of allylic oxidation sites excluding steroid dienone is 1. The van der Waals surface area contributed by atoms with Crippen LogP contribution in [-0.4, -0.2) is 32.8 Å². The van der Waals surface area contributed by atoms with Gasteiger partial charge in [0.1, 0.15) is 10.5 Å². The lowest BCUT2D eigenvalue weighted by Crippen LogP contribution is -2.35. The second-order valence-corrected chi connectivity index (χ2v) is 5.55. The molecule has 110 valence electrons. The standard InChI is InChI=1S/C14H13BrN2O4/c1-6-10(13(18)19)12(8-4-3-5-9(15)17-8)11(14(20)21)7(2)16-6/h3-5,10,12H,1-2H3,(H,18,19)(H,20,21). The number of hydrogen-bond donors (Lipinski definition) is 2. The summed E-state index contributed by atoms with van der Waals surface area (Å²) in [5, 5.41) is 18.9. The molecule has 6 nitrogen and oxygen atoms in total. The molecule has 21 heavy (non-hydrogen) atoms. The Labute approximate surface area is 129 Å². The van der Waals surface area contributed by atoms with Crippen LogP contribution in [0.3, 0.4) is 0 Å². The van der Waals surface area contributed by atoms with Gasteiger partial charge in [0.15, 0.2) is 0 Å². The predicted molar refractivity (Wildman–Crippen MR) is 79.2 cm³/mol. The van der Waals surface area contributed by atoms with Crippen molar-refractivity contribution in [2.45, 2.75) is 19.8 Å². The third-order valence-corrected chi connectivity index (χ3v) is 3.82. The van der Waals surface area contributed by atoms with Gasteiger partial charge in [0.05, 0.1) is 17.2 Å². The molecule has 2 heterocycles. The fraction of sp³-hybridized carbons (Fsp3) is 0.286. The molecule has 0 bridgehead atoms. The molecule has 1 aliphatic rings. The van der Waals surface area contributed by atoms with E-state index in [1.165, 1.54) is 0 Å². The number of carboxylic acid groups (broad SMARTS) is 2. The lowest BCUT2D eigenvalue weighted by atomic mass is 9.77. The number of rotatable bonds is 3. The van der Waals surface area contributed by atoms with Gasteiger partial charge in [0.25, 0.3) is 0 Å². The van der Waals surface area contributed by atoms with Crippen molar-refractivity contribution in [2.75, 3.05) is 0 Å². The van der Waals surface area contributed by atoms with Gasteiger partial charge >= 0.3 is 11.9 Å². The highest BCUT2D eigenvalue weighted by atomic mass is 79.9. The third-order valence-electron chi connectivity index (χ3n) is 3.38. The number of aliphatic carboxylic acids is 2. The van der Waals surface area contributed by atoms with Crippen LogP contribution in [0.1, 0.15) is 25.5 Å². The molecule has 0 aliphatic carbocycles. The zero-order valence-electron chi connectivity index (χ0n) is 11.4. The van der Waals surface area contributed by atoms with Crippen LogP contribution in [0.4, 0.5) is 0 Å². The number of hydrogen-bond acceptors (Lipinski definition) is 4. The van der Waals surface area contributed by atoms with Crippen LogP contribution in [0.2, 0.25) is 0 Å². The lowest BCUT2D eigenvalue weighted by Gasteiger charge is -2.28. The first-order valence-corrected chi connectivity index (χ1v) is 6.96. The van der Waals surface area contributed by atoms with Crippen molar-refractivity contribution in [3.63, 3.8) is 0 Å². The zero-order valence-corrected chi connectivity index (χ0v) is 13.0. The predicted octanol–water partition coefficient (Wildman–Crippen LogP) is 2.46. The van der Waals surface area contributed by atoms with Gasteiger partial charge in [-0.2, -0.15) is 0 Å². The summed E-state index contributed by atoms with van der Waals surface area (Å²) >= 11 is 3.22. The topological polar surface area (TPSA) is 99.9 Å².